The fourth-order valence-corrected chi connectivity index (χ4v) is 8.32. The van der Waals surface area contributed by atoms with Gasteiger partial charge in [0.25, 0.3) is 5.97 Å². The second kappa shape index (κ2) is 14.3. The van der Waals surface area contributed by atoms with Crippen LogP contribution in [0.3, 0.4) is 0 Å². The second-order valence-electron chi connectivity index (χ2n) is 8.14. The third-order valence-electron chi connectivity index (χ3n) is 4.98. The average molecular weight is 483 g/mol. The van der Waals surface area contributed by atoms with Gasteiger partial charge in [0, 0.05) is 25.9 Å². The first-order chi connectivity index (χ1) is 16.0. The molecule has 3 aromatic carbocycles. The van der Waals surface area contributed by atoms with Gasteiger partial charge >= 0.3 is 0 Å². The van der Waals surface area contributed by atoms with Crippen molar-refractivity contribution in [1.29, 1.82) is 0 Å². The molecule has 0 aliphatic carbocycles. The topological polar surface area (TPSA) is 97.7 Å². The Morgan fingerprint density at radius 1 is 0.765 bits per heavy atom. The van der Waals surface area contributed by atoms with Gasteiger partial charge in [-0.25, -0.2) is 0 Å². The highest BCUT2D eigenvalue weighted by Crippen LogP contribution is 2.56. The Morgan fingerprint density at radius 3 is 1.29 bits per heavy atom. The number of rotatable bonds is 6. The molecule has 0 aliphatic rings. The molecule has 0 unspecified atom stereocenters. The number of aliphatic carboxylic acids is 2. The zero-order chi connectivity index (χ0) is 25.7. The summed E-state index contributed by atoms with van der Waals surface area (Å²) in [5.74, 6) is -1.92. The van der Waals surface area contributed by atoms with Gasteiger partial charge in [0.05, 0.1) is 6.16 Å². The van der Waals surface area contributed by atoms with Crippen LogP contribution >= 0.6 is 7.26 Å². The number of aliphatic hydroxyl groups excluding tert-OH is 1. The van der Waals surface area contributed by atoms with E-state index in [1.54, 1.807) is 0 Å². The zero-order valence-electron chi connectivity index (χ0n) is 20.6. The molecule has 0 amide bonds. The number of benzene rings is 3. The van der Waals surface area contributed by atoms with E-state index in [9.17, 15) is 5.11 Å². The summed E-state index contributed by atoms with van der Waals surface area (Å²) in [6, 6.07) is 26.9. The first-order valence-electron chi connectivity index (χ1n) is 11.1. The van der Waals surface area contributed by atoms with Gasteiger partial charge in [-0.2, -0.15) is 0 Å². The molecule has 0 spiro atoms. The van der Waals surface area contributed by atoms with E-state index in [1.807, 2.05) is 0 Å². The molecular weight excluding hydrogens is 447 g/mol. The molecule has 0 saturated carbocycles. The Morgan fingerprint density at radius 2 is 1.06 bits per heavy atom. The number of aryl methyl sites for hydroxylation is 3. The van der Waals surface area contributed by atoms with Crippen LogP contribution in [0.5, 0.6) is 0 Å². The lowest BCUT2D eigenvalue weighted by molar-refractivity contribution is -0.302. The van der Waals surface area contributed by atoms with Gasteiger partial charge in [-0.3, -0.25) is 4.79 Å². The van der Waals surface area contributed by atoms with Gasteiger partial charge in [-0.15, -0.1) is 0 Å². The van der Waals surface area contributed by atoms with Gasteiger partial charge in [-0.1, -0.05) is 36.4 Å². The SMILES string of the molecule is CC(=O)O.CC(=O)[O-].Cc1cccc([P+](CCCO)(c2cccc(C)c2)c2cccc(C)c2)c1. The highest BCUT2D eigenvalue weighted by Gasteiger charge is 2.45. The molecule has 182 valence electrons. The van der Waals surface area contributed by atoms with Crippen molar-refractivity contribution in [2.45, 2.75) is 41.0 Å². The Bertz CT molecular complexity index is 947. The van der Waals surface area contributed by atoms with Crippen LogP contribution in [0.25, 0.3) is 0 Å². The van der Waals surface area contributed by atoms with Crippen LogP contribution in [0.2, 0.25) is 0 Å². The third-order valence-corrected chi connectivity index (χ3v) is 9.45. The molecule has 0 bridgehead atoms. The number of hydrogen-bond acceptors (Lipinski definition) is 4. The Labute approximate surface area is 203 Å². The van der Waals surface area contributed by atoms with Crippen molar-refractivity contribution < 1.29 is 24.9 Å². The van der Waals surface area contributed by atoms with Gasteiger partial charge in [0.1, 0.15) is 23.2 Å². The summed E-state index contributed by atoms with van der Waals surface area (Å²) in [4.78, 5) is 17.9. The zero-order valence-corrected chi connectivity index (χ0v) is 21.5. The van der Waals surface area contributed by atoms with E-state index in [4.69, 9.17) is 19.8 Å². The summed E-state index contributed by atoms with van der Waals surface area (Å²) < 4.78 is 0. The minimum absolute atomic E-state index is 0.227. The van der Waals surface area contributed by atoms with Crippen LogP contribution in [0, 0.1) is 20.8 Å². The molecule has 0 atom stereocenters. The predicted molar refractivity (Wildman–Crippen MR) is 140 cm³/mol. The monoisotopic (exact) mass is 482 g/mol. The number of carbonyl (C=O) groups excluding carboxylic acids is 1. The van der Waals surface area contributed by atoms with Crippen molar-refractivity contribution in [3.63, 3.8) is 0 Å². The molecule has 2 N–H and O–H groups in total. The largest absolute Gasteiger partial charge is 0.550 e. The summed E-state index contributed by atoms with van der Waals surface area (Å²) >= 11 is 0. The Kier molecular flexibility index (Phi) is 12.2. The maximum Gasteiger partial charge on any atom is 0.300 e. The second-order valence-corrected chi connectivity index (χ2v) is 11.8. The molecule has 0 heterocycles. The quantitative estimate of drug-likeness (QED) is 0.526. The third kappa shape index (κ3) is 9.09. The normalized spacial score (nSPS) is 10.3. The lowest BCUT2D eigenvalue weighted by Gasteiger charge is -2.28. The average Bonchev–Trinajstić information content (AvgIpc) is 2.74. The van der Waals surface area contributed by atoms with Crippen molar-refractivity contribution in [1.82, 2.24) is 0 Å². The smallest absolute Gasteiger partial charge is 0.300 e. The van der Waals surface area contributed by atoms with Crippen molar-refractivity contribution in [3.8, 4) is 0 Å². The summed E-state index contributed by atoms with van der Waals surface area (Å²) in [6.45, 7) is 8.77. The molecular formula is C28H35O5P. The molecule has 5 nitrogen and oxygen atoms in total. The van der Waals surface area contributed by atoms with E-state index in [2.05, 4.69) is 93.6 Å². The van der Waals surface area contributed by atoms with E-state index >= 15 is 0 Å². The van der Waals surface area contributed by atoms with Crippen LogP contribution in [-0.4, -0.2) is 34.9 Å². The number of hydrogen-bond donors (Lipinski definition) is 2. The predicted octanol–water partition coefficient (Wildman–Crippen LogP) is 3.14. The van der Waals surface area contributed by atoms with Gasteiger partial charge in [0.15, 0.2) is 0 Å². The summed E-state index contributed by atoms with van der Waals surface area (Å²) in [5, 5.41) is 30.2. The van der Waals surface area contributed by atoms with Gasteiger partial charge in [-0.05, 0) is 80.8 Å². The van der Waals surface area contributed by atoms with Crippen LogP contribution in [0.4, 0.5) is 0 Å². The van der Waals surface area contributed by atoms with E-state index in [0.29, 0.717) is 0 Å². The lowest BCUT2D eigenvalue weighted by Crippen LogP contribution is -2.34. The minimum atomic E-state index is -1.81. The molecule has 0 fully saturated rings. The number of aliphatic hydroxyl groups is 1. The summed E-state index contributed by atoms with van der Waals surface area (Å²) in [5.41, 5.74) is 3.86. The number of carboxylic acids is 2. The molecule has 6 heteroatoms. The van der Waals surface area contributed by atoms with Crippen LogP contribution in [0.1, 0.15) is 37.0 Å². The standard InChI is InChI=1S/C24H28OP.2C2H4O2/c1-19-8-4-11-22(16-19)26(15-7-14-25,23-12-5-9-20(2)17-23)24-13-6-10-21(3)18-24;2*1-2(3)4/h4-6,8-13,16-18,25H,7,14-15H2,1-3H3;2*1H3,(H,3,4)/q+1;;/p-1. The van der Waals surface area contributed by atoms with E-state index in [-0.39, 0.29) is 6.61 Å². The Hall–Kier alpha value is -3.01. The highest BCUT2D eigenvalue weighted by atomic mass is 31.2. The molecule has 3 aromatic rings. The van der Waals surface area contributed by atoms with Crippen LogP contribution in [-0.2, 0) is 9.59 Å². The van der Waals surface area contributed by atoms with Crippen molar-refractivity contribution in [2.75, 3.05) is 12.8 Å². The maximum atomic E-state index is 9.65. The number of carbonyl (C=O) groups is 2. The maximum absolute atomic E-state index is 9.65. The fraction of sp³-hybridized carbons (Fsp3) is 0.286. The first kappa shape index (κ1) is 29.0. The van der Waals surface area contributed by atoms with Crippen LogP contribution in [0.15, 0.2) is 72.8 Å². The molecule has 0 aliphatic heterocycles. The first-order valence-corrected chi connectivity index (χ1v) is 13.1. The minimum Gasteiger partial charge on any atom is -0.550 e. The fourth-order valence-electron chi connectivity index (χ4n) is 3.74. The van der Waals surface area contributed by atoms with Gasteiger partial charge < -0.3 is 20.1 Å². The van der Waals surface area contributed by atoms with Crippen LogP contribution < -0.4 is 21.0 Å². The summed E-state index contributed by atoms with van der Waals surface area (Å²) in [6.07, 6.45) is 1.80. The van der Waals surface area contributed by atoms with E-state index in [0.717, 1.165) is 26.4 Å². The van der Waals surface area contributed by atoms with E-state index in [1.165, 1.54) is 32.6 Å². The lowest BCUT2D eigenvalue weighted by atomic mass is 10.2. The molecule has 0 aromatic heterocycles. The van der Waals surface area contributed by atoms with Crippen molar-refractivity contribution >= 4 is 35.1 Å². The highest BCUT2D eigenvalue weighted by molar-refractivity contribution is 7.95. The molecule has 0 saturated heterocycles. The molecule has 3 rings (SSSR count). The van der Waals surface area contributed by atoms with E-state index < -0.39 is 19.2 Å². The van der Waals surface area contributed by atoms with Gasteiger partial charge in [0.2, 0.25) is 0 Å². The summed E-state index contributed by atoms with van der Waals surface area (Å²) in [7, 11) is -1.81. The number of carboxylic acid groups (broad SMARTS) is 2. The molecule has 0 radical (unpaired) electrons. The molecule has 34 heavy (non-hydrogen) atoms. The van der Waals surface area contributed by atoms with Crippen molar-refractivity contribution in [3.05, 3.63) is 89.5 Å². The Balaban J connectivity index is 0.000000629. The van der Waals surface area contributed by atoms with Crippen molar-refractivity contribution in [2.24, 2.45) is 0 Å².